The third kappa shape index (κ3) is 3.00. The highest BCUT2D eigenvalue weighted by molar-refractivity contribution is 7.25. The number of ether oxygens (including phenoxy) is 1. The maximum atomic E-state index is 10.6. The standard InChI is InChI=1S/C12H16N2O2S2/c1-7-10-11(8(2)17-7)18-12(14-10)16-6-4-3-5-9(13)15/h3-6H2,1-2H3,(H2,13,15). The number of thiophene rings is 1. The SMILES string of the molecule is Cc1sc(C)c2sc(OCCCCC(N)=O)nc12. The zero-order chi connectivity index (χ0) is 13.1. The van der Waals surface area contributed by atoms with Crippen molar-refractivity contribution >= 4 is 38.8 Å². The second-order valence-corrected chi connectivity index (χ2v) is 6.53. The second kappa shape index (κ2) is 5.67. The van der Waals surface area contributed by atoms with Crippen LogP contribution < -0.4 is 10.5 Å². The van der Waals surface area contributed by atoms with E-state index in [9.17, 15) is 4.79 Å². The number of unbranched alkanes of at least 4 members (excludes halogenated alkanes) is 1. The van der Waals surface area contributed by atoms with Gasteiger partial charge in [-0.2, -0.15) is 0 Å². The summed E-state index contributed by atoms with van der Waals surface area (Å²) in [6, 6.07) is 0. The average Bonchev–Trinajstić information content (AvgIpc) is 2.81. The molecule has 0 saturated heterocycles. The second-order valence-electron chi connectivity index (χ2n) is 4.14. The molecule has 1 amide bonds. The molecule has 0 aliphatic rings. The Morgan fingerprint density at radius 2 is 2.06 bits per heavy atom. The van der Waals surface area contributed by atoms with E-state index in [2.05, 4.69) is 18.8 Å². The van der Waals surface area contributed by atoms with Crippen molar-refractivity contribution in [3.05, 3.63) is 9.75 Å². The Morgan fingerprint density at radius 1 is 1.28 bits per heavy atom. The lowest BCUT2D eigenvalue weighted by molar-refractivity contribution is -0.118. The summed E-state index contributed by atoms with van der Waals surface area (Å²) in [7, 11) is 0. The van der Waals surface area contributed by atoms with E-state index in [1.54, 1.807) is 22.7 Å². The molecule has 0 fully saturated rings. The van der Waals surface area contributed by atoms with Crippen LogP contribution in [0.5, 0.6) is 5.19 Å². The van der Waals surface area contributed by atoms with E-state index in [4.69, 9.17) is 10.5 Å². The van der Waals surface area contributed by atoms with E-state index < -0.39 is 0 Å². The molecular formula is C12H16N2O2S2. The molecule has 2 aromatic rings. The molecule has 0 unspecified atom stereocenters. The minimum absolute atomic E-state index is 0.254. The first-order valence-electron chi connectivity index (χ1n) is 5.85. The normalized spacial score (nSPS) is 11.0. The van der Waals surface area contributed by atoms with E-state index in [0.29, 0.717) is 13.0 Å². The Bertz CT molecular complexity index is 525. The lowest BCUT2D eigenvalue weighted by Crippen LogP contribution is -2.10. The number of hydrogen-bond donors (Lipinski definition) is 1. The Morgan fingerprint density at radius 3 is 2.72 bits per heavy atom. The molecule has 0 atom stereocenters. The van der Waals surface area contributed by atoms with Crippen molar-refractivity contribution in [2.24, 2.45) is 5.73 Å². The molecule has 0 radical (unpaired) electrons. The summed E-state index contributed by atoms with van der Waals surface area (Å²) in [6.07, 6.45) is 2.02. The quantitative estimate of drug-likeness (QED) is 0.829. The number of nitrogens with zero attached hydrogens (tertiary/aromatic N) is 1. The zero-order valence-electron chi connectivity index (χ0n) is 10.5. The predicted octanol–water partition coefficient (Wildman–Crippen LogP) is 3.01. The first kappa shape index (κ1) is 13.3. The van der Waals surface area contributed by atoms with Crippen LogP contribution in [0.15, 0.2) is 0 Å². The number of amides is 1. The number of aryl methyl sites for hydroxylation is 2. The summed E-state index contributed by atoms with van der Waals surface area (Å²) in [5.41, 5.74) is 6.13. The van der Waals surface area contributed by atoms with Gasteiger partial charge in [0.15, 0.2) is 0 Å². The third-order valence-electron chi connectivity index (χ3n) is 2.61. The largest absolute Gasteiger partial charge is 0.470 e. The monoisotopic (exact) mass is 284 g/mol. The van der Waals surface area contributed by atoms with E-state index >= 15 is 0 Å². The van der Waals surface area contributed by atoms with Crippen LogP contribution in [0.25, 0.3) is 10.2 Å². The van der Waals surface area contributed by atoms with Crippen LogP contribution in [0, 0.1) is 13.8 Å². The molecule has 98 valence electrons. The van der Waals surface area contributed by atoms with Gasteiger partial charge in [-0.25, -0.2) is 4.98 Å². The minimum atomic E-state index is -0.254. The fourth-order valence-electron chi connectivity index (χ4n) is 1.72. The van der Waals surface area contributed by atoms with Gasteiger partial charge in [-0.3, -0.25) is 4.79 Å². The molecule has 0 spiro atoms. The summed E-state index contributed by atoms with van der Waals surface area (Å²) in [6.45, 7) is 4.77. The molecule has 2 heterocycles. The molecule has 0 aliphatic carbocycles. The van der Waals surface area contributed by atoms with Gasteiger partial charge in [-0.15, -0.1) is 11.3 Å². The summed E-state index contributed by atoms with van der Waals surface area (Å²) < 4.78 is 6.83. The fraction of sp³-hybridized carbons (Fsp3) is 0.500. The highest BCUT2D eigenvalue weighted by Gasteiger charge is 2.12. The average molecular weight is 284 g/mol. The third-order valence-corrected chi connectivity index (χ3v) is 4.84. The van der Waals surface area contributed by atoms with Crippen LogP contribution in [0.4, 0.5) is 0 Å². The highest BCUT2D eigenvalue weighted by Crippen LogP contribution is 2.37. The minimum Gasteiger partial charge on any atom is -0.470 e. The van der Waals surface area contributed by atoms with E-state index in [1.165, 1.54) is 14.5 Å². The number of aromatic nitrogens is 1. The summed E-state index contributed by atoms with van der Waals surface area (Å²) in [4.78, 5) is 17.6. The van der Waals surface area contributed by atoms with Crippen LogP contribution in [0.2, 0.25) is 0 Å². The molecule has 6 heteroatoms. The van der Waals surface area contributed by atoms with Crippen molar-refractivity contribution in [2.75, 3.05) is 6.61 Å². The van der Waals surface area contributed by atoms with E-state index in [-0.39, 0.29) is 5.91 Å². The van der Waals surface area contributed by atoms with E-state index in [0.717, 1.165) is 23.6 Å². The van der Waals surface area contributed by atoms with E-state index in [1.807, 2.05) is 0 Å². The van der Waals surface area contributed by atoms with Gasteiger partial charge in [0.25, 0.3) is 5.19 Å². The number of hydrogen-bond acceptors (Lipinski definition) is 5. The Hall–Kier alpha value is -1.14. The molecule has 0 saturated carbocycles. The number of nitrogens with two attached hydrogens (primary N) is 1. The number of thiazole rings is 1. The lowest BCUT2D eigenvalue weighted by atomic mass is 10.2. The van der Waals surface area contributed by atoms with Crippen molar-refractivity contribution in [3.63, 3.8) is 0 Å². The van der Waals surface area contributed by atoms with Gasteiger partial charge in [0.2, 0.25) is 5.91 Å². The summed E-state index contributed by atoms with van der Waals surface area (Å²) >= 11 is 3.37. The molecule has 2 rings (SSSR count). The van der Waals surface area contributed by atoms with Gasteiger partial charge in [0, 0.05) is 16.2 Å². The van der Waals surface area contributed by atoms with Gasteiger partial charge in [0.05, 0.1) is 16.8 Å². The van der Waals surface area contributed by atoms with Crippen molar-refractivity contribution in [3.8, 4) is 5.19 Å². The van der Waals surface area contributed by atoms with Gasteiger partial charge in [0.1, 0.15) is 0 Å². The molecule has 0 aromatic carbocycles. The molecule has 2 aromatic heterocycles. The van der Waals surface area contributed by atoms with Gasteiger partial charge >= 0.3 is 0 Å². The van der Waals surface area contributed by atoms with Crippen molar-refractivity contribution in [2.45, 2.75) is 33.1 Å². The zero-order valence-corrected chi connectivity index (χ0v) is 12.1. The van der Waals surface area contributed by atoms with Gasteiger partial charge in [-0.1, -0.05) is 11.3 Å². The Labute approximate surface area is 114 Å². The first-order valence-corrected chi connectivity index (χ1v) is 7.49. The number of fused-ring (bicyclic) bond motifs is 1. The smallest absolute Gasteiger partial charge is 0.274 e. The Kier molecular flexibility index (Phi) is 4.19. The van der Waals surface area contributed by atoms with Gasteiger partial charge in [-0.05, 0) is 26.7 Å². The first-order chi connectivity index (χ1) is 8.58. The number of carbonyl (C=O) groups excluding carboxylic acids is 1. The maximum absolute atomic E-state index is 10.6. The molecular weight excluding hydrogens is 268 g/mol. The Balaban J connectivity index is 1.88. The number of carbonyl (C=O) groups is 1. The maximum Gasteiger partial charge on any atom is 0.274 e. The van der Waals surface area contributed by atoms with Crippen LogP contribution in [0.1, 0.15) is 29.0 Å². The van der Waals surface area contributed by atoms with Crippen molar-refractivity contribution < 1.29 is 9.53 Å². The van der Waals surface area contributed by atoms with Crippen LogP contribution >= 0.6 is 22.7 Å². The van der Waals surface area contributed by atoms with Crippen LogP contribution in [0.3, 0.4) is 0 Å². The highest BCUT2D eigenvalue weighted by atomic mass is 32.1. The number of rotatable bonds is 6. The lowest BCUT2D eigenvalue weighted by Gasteiger charge is -2.00. The molecule has 18 heavy (non-hydrogen) atoms. The van der Waals surface area contributed by atoms with Crippen LogP contribution in [-0.2, 0) is 4.79 Å². The molecule has 0 aliphatic heterocycles. The summed E-state index contributed by atoms with van der Waals surface area (Å²) in [5, 5.41) is 0.720. The topological polar surface area (TPSA) is 65.2 Å². The molecule has 0 bridgehead atoms. The predicted molar refractivity (Wildman–Crippen MR) is 75.5 cm³/mol. The molecule has 2 N–H and O–H groups in total. The van der Waals surface area contributed by atoms with Gasteiger partial charge < -0.3 is 10.5 Å². The fourth-order valence-corrected chi connectivity index (χ4v) is 3.83. The summed E-state index contributed by atoms with van der Waals surface area (Å²) in [5.74, 6) is -0.254. The van der Waals surface area contributed by atoms with Crippen LogP contribution in [-0.4, -0.2) is 17.5 Å². The van der Waals surface area contributed by atoms with Crippen molar-refractivity contribution in [1.29, 1.82) is 0 Å². The van der Waals surface area contributed by atoms with Crippen molar-refractivity contribution in [1.82, 2.24) is 4.98 Å². The molecule has 4 nitrogen and oxygen atoms in total. The number of primary amides is 1.